The lowest BCUT2D eigenvalue weighted by molar-refractivity contribution is -0.335. The molecule has 1 rings (SSSR count). The first-order valence-electron chi connectivity index (χ1n) is 4.62. The van der Waals surface area contributed by atoms with Gasteiger partial charge in [0.1, 0.15) is 18.3 Å². The summed E-state index contributed by atoms with van der Waals surface area (Å²) in [5, 5.41) is 38.6. The first-order valence-corrected chi connectivity index (χ1v) is 4.62. The highest BCUT2D eigenvalue weighted by Crippen LogP contribution is 2.22. The van der Waals surface area contributed by atoms with Gasteiger partial charge in [-0.1, -0.05) is 0 Å². The first-order chi connectivity index (χ1) is 6.97. The molecule has 4 N–H and O–H groups in total. The lowest BCUT2D eigenvalue weighted by Gasteiger charge is -2.40. The molecule has 0 aromatic heterocycles. The molecule has 1 aliphatic heterocycles. The Morgan fingerprint density at radius 1 is 1.20 bits per heavy atom. The molecule has 1 unspecified atom stereocenters. The van der Waals surface area contributed by atoms with Crippen LogP contribution in [0.15, 0.2) is 0 Å². The third-order valence-electron chi connectivity index (χ3n) is 2.18. The molecule has 15 heavy (non-hydrogen) atoms. The zero-order valence-electron chi connectivity index (χ0n) is 8.65. The Hall–Kier alpha value is -0.280. The molecule has 1 aliphatic rings. The third kappa shape index (κ3) is 2.85. The van der Waals surface area contributed by atoms with E-state index in [2.05, 4.69) is 0 Å². The zero-order chi connectivity index (χ0) is 11.6. The van der Waals surface area contributed by atoms with Crippen LogP contribution in [0.4, 0.5) is 0 Å². The summed E-state index contributed by atoms with van der Waals surface area (Å²) in [5.41, 5.74) is 0. The van der Waals surface area contributed by atoms with Crippen LogP contribution < -0.4 is 0 Å². The van der Waals surface area contributed by atoms with Crippen LogP contribution in [-0.4, -0.2) is 76.9 Å². The van der Waals surface area contributed by atoms with Gasteiger partial charge in [0.15, 0.2) is 12.4 Å². The van der Waals surface area contributed by atoms with Gasteiger partial charge in [0, 0.05) is 14.1 Å². The third-order valence-corrected chi connectivity index (χ3v) is 2.18. The molecule has 0 saturated carbocycles. The summed E-state index contributed by atoms with van der Waals surface area (Å²) in [7, 11) is 3.15. The Labute approximate surface area is 87.4 Å². The number of nitrogens with zero attached hydrogens (tertiary/aromatic N) is 1. The second-order valence-electron chi connectivity index (χ2n) is 3.61. The van der Waals surface area contributed by atoms with Gasteiger partial charge in [-0.2, -0.15) is 5.06 Å². The summed E-state index contributed by atoms with van der Waals surface area (Å²) < 4.78 is 4.88. The van der Waals surface area contributed by atoms with E-state index in [0.29, 0.717) is 0 Å². The maximum absolute atomic E-state index is 9.61. The van der Waals surface area contributed by atoms with E-state index in [-0.39, 0.29) is 0 Å². The van der Waals surface area contributed by atoms with Gasteiger partial charge >= 0.3 is 0 Å². The smallest absolute Gasteiger partial charge is 0.186 e. The van der Waals surface area contributed by atoms with Crippen LogP contribution in [0.5, 0.6) is 0 Å². The van der Waals surface area contributed by atoms with Crippen LogP contribution >= 0.6 is 0 Å². The second kappa shape index (κ2) is 5.17. The van der Waals surface area contributed by atoms with E-state index in [0.717, 1.165) is 0 Å². The SMILES string of the molecule is CN(C)O[C@@H]1[C@@H](O)[C@H](O)C(CO)O[C@H]1O. The molecule has 7 nitrogen and oxygen atoms in total. The molecular formula is C8H17NO6. The minimum Gasteiger partial charge on any atom is -0.394 e. The largest absolute Gasteiger partial charge is 0.394 e. The number of hydrogen-bond acceptors (Lipinski definition) is 7. The molecule has 0 aromatic carbocycles. The normalized spacial score (nSPS) is 42.2. The first kappa shape index (κ1) is 12.8. The van der Waals surface area contributed by atoms with Crippen molar-refractivity contribution in [3.8, 4) is 0 Å². The van der Waals surface area contributed by atoms with E-state index in [1.54, 1.807) is 14.1 Å². The van der Waals surface area contributed by atoms with Crippen molar-refractivity contribution in [2.45, 2.75) is 30.7 Å². The average molecular weight is 223 g/mol. The van der Waals surface area contributed by atoms with Crippen LogP contribution in [0.25, 0.3) is 0 Å². The molecule has 1 heterocycles. The fourth-order valence-electron chi connectivity index (χ4n) is 1.43. The molecule has 7 heteroatoms. The average Bonchev–Trinajstić information content (AvgIpc) is 2.18. The van der Waals surface area contributed by atoms with Crippen molar-refractivity contribution < 1.29 is 30.0 Å². The van der Waals surface area contributed by atoms with E-state index in [4.69, 9.17) is 14.7 Å². The number of hydrogen-bond donors (Lipinski definition) is 4. The summed E-state index contributed by atoms with van der Waals surface area (Å²) in [5.74, 6) is 0. The summed E-state index contributed by atoms with van der Waals surface area (Å²) in [6.45, 7) is -0.482. The van der Waals surface area contributed by atoms with Crippen molar-refractivity contribution in [1.29, 1.82) is 0 Å². The predicted molar refractivity (Wildman–Crippen MR) is 48.5 cm³/mol. The van der Waals surface area contributed by atoms with Crippen LogP contribution in [0, 0.1) is 0 Å². The van der Waals surface area contributed by atoms with Crippen LogP contribution in [0.2, 0.25) is 0 Å². The van der Waals surface area contributed by atoms with Crippen molar-refractivity contribution in [1.82, 2.24) is 5.06 Å². The van der Waals surface area contributed by atoms with Gasteiger partial charge in [-0.3, -0.25) is 4.84 Å². The highest BCUT2D eigenvalue weighted by molar-refractivity contribution is 4.88. The predicted octanol–water partition coefficient (Wildman–Crippen LogP) is -2.72. The van der Waals surface area contributed by atoms with Gasteiger partial charge in [-0.25, -0.2) is 0 Å². The molecule has 5 atom stereocenters. The van der Waals surface area contributed by atoms with Gasteiger partial charge in [0.2, 0.25) is 0 Å². The molecule has 1 saturated heterocycles. The molecule has 0 aliphatic carbocycles. The quantitative estimate of drug-likeness (QED) is 0.385. The van der Waals surface area contributed by atoms with E-state index in [1.807, 2.05) is 0 Å². The molecule has 1 fully saturated rings. The van der Waals surface area contributed by atoms with Gasteiger partial charge in [-0.05, 0) is 0 Å². The Bertz CT molecular complexity index is 202. The highest BCUT2D eigenvalue weighted by Gasteiger charge is 2.44. The number of rotatable bonds is 3. The molecule has 0 amide bonds. The number of ether oxygens (including phenoxy) is 1. The minimum atomic E-state index is -1.39. The maximum atomic E-state index is 9.61. The fourth-order valence-corrected chi connectivity index (χ4v) is 1.43. The van der Waals surface area contributed by atoms with Crippen molar-refractivity contribution in [3.05, 3.63) is 0 Å². The standard InChI is InChI=1S/C8H17NO6/c1-9(2)15-7-6(12)5(11)4(3-10)14-8(7)13/h4-8,10-13H,3H2,1-2H3/t4?,5-,6+,7-,8-/m1/s1. The number of aliphatic hydroxyl groups excluding tert-OH is 4. The van der Waals surface area contributed by atoms with E-state index in [1.165, 1.54) is 5.06 Å². The molecule has 0 bridgehead atoms. The lowest BCUT2D eigenvalue weighted by Crippen LogP contribution is -2.60. The Balaban J connectivity index is 2.66. The van der Waals surface area contributed by atoms with Gasteiger partial charge < -0.3 is 25.2 Å². The Morgan fingerprint density at radius 2 is 1.80 bits per heavy atom. The summed E-state index contributed by atoms with van der Waals surface area (Å²) in [6, 6.07) is 0. The van der Waals surface area contributed by atoms with Crippen molar-refractivity contribution in [2.24, 2.45) is 0 Å². The number of hydroxylamine groups is 2. The van der Waals surface area contributed by atoms with Gasteiger partial charge in [0.25, 0.3) is 0 Å². The molecule has 0 aromatic rings. The van der Waals surface area contributed by atoms with Crippen molar-refractivity contribution in [3.63, 3.8) is 0 Å². The van der Waals surface area contributed by atoms with Crippen molar-refractivity contribution in [2.75, 3.05) is 20.7 Å². The van der Waals surface area contributed by atoms with Crippen LogP contribution in [-0.2, 0) is 9.57 Å². The number of aliphatic hydroxyl groups is 4. The van der Waals surface area contributed by atoms with E-state index in [9.17, 15) is 15.3 Å². The highest BCUT2D eigenvalue weighted by atomic mass is 16.7. The maximum Gasteiger partial charge on any atom is 0.186 e. The Kier molecular flexibility index (Phi) is 4.41. The monoisotopic (exact) mass is 223 g/mol. The second-order valence-corrected chi connectivity index (χ2v) is 3.61. The van der Waals surface area contributed by atoms with Crippen LogP contribution in [0.3, 0.4) is 0 Å². The van der Waals surface area contributed by atoms with Crippen molar-refractivity contribution >= 4 is 0 Å². The van der Waals surface area contributed by atoms with Crippen LogP contribution in [0.1, 0.15) is 0 Å². The molecule has 0 radical (unpaired) electrons. The summed E-state index contributed by atoms with van der Waals surface area (Å²) in [4.78, 5) is 5.05. The van der Waals surface area contributed by atoms with Gasteiger partial charge in [-0.15, -0.1) is 0 Å². The summed E-state index contributed by atoms with van der Waals surface area (Å²) >= 11 is 0. The Morgan fingerprint density at radius 3 is 2.27 bits per heavy atom. The lowest BCUT2D eigenvalue weighted by atomic mass is 9.99. The molecular weight excluding hydrogens is 206 g/mol. The molecule has 90 valence electrons. The fraction of sp³-hybridized carbons (Fsp3) is 1.00. The summed E-state index contributed by atoms with van der Waals surface area (Å²) in [6.07, 6.45) is -6.06. The minimum absolute atomic E-state index is 0.482. The van der Waals surface area contributed by atoms with E-state index < -0.39 is 37.3 Å². The molecule has 0 spiro atoms. The topological polar surface area (TPSA) is 103 Å². The van der Waals surface area contributed by atoms with E-state index >= 15 is 0 Å². The zero-order valence-corrected chi connectivity index (χ0v) is 8.65. The van der Waals surface area contributed by atoms with Gasteiger partial charge in [0.05, 0.1) is 6.61 Å².